The normalized spacial score (nSPS) is 14.2. The van der Waals surface area contributed by atoms with Crippen LogP contribution in [0.2, 0.25) is 0 Å². The first-order valence-electron chi connectivity index (χ1n) is 3.57. The summed E-state index contributed by atoms with van der Waals surface area (Å²) in [6, 6.07) is 0.216. The summed E-state index contributed by atoms with van der Waals surface area (Å²) in [4.78, 5) is 6.90. The number of rotatable bonds is 1. The molecule has 1 aromatic rings. The molecule has 72 valence electrons. The number of halogens is 3. The van der Waals surface area contributed by atoms with Gasteiger partial charge in [0, 0.05) is 6.20 Å². The van der Waals surface area contributed by atoms with Crippen molar-refractivity contribution in [1.82, 2.24) is 9.97 Å². The van der Waals surface area contributed by atoms with Crippen LogP contribution in [0.15, 0.2) is 12.3 Å². The van der Waals surface area contributed by atoms with E-state index in [0.29, 0.717) is 0 Å². The molecule has 1 atom stereocenters. The first kappa shape index (κ1) is 9.91. The van der Waals surface area contributed by atoms with Crippen LogP contribution in [0, 0.1) is 0 Å². The van der Waals surface area contributed by atoms with Crippen LogP contribution in [0.1, 0.15) is 24.5 Å². The second-order valence-electron chi connectivity index (χ2n) is 2.59. The predicted molar refractivity (Wildman–Crippen MR) is 39.6 cm³/mol. The minimum Gasteiger partial charge on any atom is -0.322 e. The van der Waals surface area contributed by atoms with E-state index < -0.39 is 17.9 Å². The van der Waals surface area contributed by atoms with E-state index >= 15 is 0 Å². The Morgan fingerprint density at radius 1 is 1.46 bits per heavy atom. The number of nitrogens with two attached hydrogens (primary N) is 1. The first-order valence-corrected chi connectivity index (χ1v) is 3.57. The van der Waals surface area contributed by atoms with Crippen molar-refractivity contribution in [3.05, 3.63) is 23.8 Å². The van der Waals surface area contributed by atoms with Gasteiger partial charge in [0.15, 0.2) is 0 Å². The van der Waals surface area contributed by atoms with Crippen LogP contribution >= 0.6 is 0 Å². The second kappa shape index (κ2) is 3.29. The average molecular weight is 191 g/mol. The van der Waals surface area contributed by atoms with Gasteiger partial charge in [-0.1, -0.05) is 0 Å². The Kier molecular flexibility index (Phi) is 2.51. The summed E-state index contributed by atoms with van der Waals surface area (Å²) in [6.45, 7) is 1.52. The van der Waals surface area contributed by atoms with Crippen LogP contribution in [0.3, 0.4) is 0 Å². The maximum absolute atomic E-state index is 12.1. The molecule has 0 bridgehead atoms. The summed E-state index contributed by atoms with van der Waals surface area (Å²) in [7, 11) is 0. The summed E-state index contributed by atoms with van der Waals surface area (Å²) in [5.74, 6) is -0.00479. The molecule has 0 fully saturated rings. The molecule has 6 heteroatoms. The Labute approximate surface area is 72.8 Å². The van der Waals surface area contributed by atoms with Crippen LogP contribution in [0.4, 0.5) is 13.2 Å². The van der Waals surface area contributed by atoms with E-state index in [2.05, 4.69) is 9.97 Å². The molecule has 1 rings (SSSR count). The van der Waals surface area contributed by atoms with E-state index in [1.165, 1.54) is 6.92 Å². The molecule has 1 aromatic heterocycles. The van der Waals surface area contributed by atoms with Gasteiger partial charge in [0.2, 0.25) is 0 Å². The SMILES string of the molecule is CC(N)c1nccc(C(F)(F)F)n1. The molecular weight excluding hydrogens is 183 g/mol. The molecular formula is C7H8F3N3. The van der Waals surface area contributed by atoms with E-state index in [4.69, 9.17) is 5.73 Å². The average Bonchev–Trinajstić information content (AvgIpc) is 2.03. The van der Waals surface area contributed by atoms with E-state index in [1.54, 1.807) is 0 Å². The van der Waals surface area contributed by atoms with Gasteiger partial charge >= 0.3 is 6.18 Å². The number of hydrogen-bond donors (Lipinski definition) is 1. The Balaban J connectivity index is 3.06. The van der Waals surface area contributed by atoms with E-state index in [0.717, 1.165) is 12.3 Å². The number of nitrogens with zero attached hydrogens (tertiary/aromatic N) is 2. The topological polar surface area (TPSA) is 51.8 Å². The highest BCUT2D eigenvalue weighted by atomic mass is 19.4. The maximum Gasteiger partial charge on any atom is 0.433 e. The molecule has 0 radical (unpaired) electrons. The maximum atomic E-state index is 12.1. The second-order valence-corrected chi connectivity index (χ2v) is 2.59. The highest BCUT2D eigenvalue weighted by Gasteiger charge is 2.32. The minimum absolute atomic E-state index is 0.00479. The van der Waals surface area contributed by atoms with Crippen molar-refractivity contribution < 1.29 is 13.2 Å². The van der Waals surface area contributed by atoms with Crippen molar-refractivity contribution in [2.75, 3.05) is 0 Å². The van der Waals surface area contributed by atoms with E-state index in [9.17, 15) is 13.2 Å². The van der Waals surface area contributed by atoms with E-state index in [1.807, 2.05) is 0 Å². The van der Waals surface area contributed by atoms with Crippen molar-refractivity contribution in [3.63, 3.8) is 0 Å². The Bertz CT molecular complexity index is 295. The molecule has 0 spiro atoms. The Hall–Kier alpha value is -1.17. The van der Waals surface area contributed by atoms with Crippen molar-refractivity contribution in [2.45, 2.75) is 19.1 Å². The third-order valence-electron chi connectivity index (χ3n) is 1.37. The van der Waals surface area contributed by atoms with Gasteiger partial charge in [-0.25, -0.2) is 9.97 Å². The van der Waals surface area contributed by atoms with Crippen LogP contribution in [-0.4, -0.2) is 9.97 Å². The first-order chi connectivity index (χ1) is 5.91. The molecule has 3 nitrogen and oxygen atoms in total. The summed E-state index contributed by atoms with van der Waals surface area (Å²) in [5.41, 5.74) is 4.37. The summed E-state index contributed by atoms with van der Waals surface area (Å²) in [5, 5.41) is 0. The smallest absolute Gasteiger partial charge is 0.322 e. The third-order valence-corrected chi connectivity index (χ3v) is 1.37. The monoisotopic (exact) mass is 191 g/mol. The fourth-order valence-corrected chi connectivity index (χ4v) is 0.751. The van der Waals surface area contributed by atoms with Crippen LogP contribution in [0.5, 0.6) is 0 Å². The molecule has 0 amide bonds. The fourth-order valence-electron chi connectivity index (χ4n) is 0.751. The minimum atomic E-state index is -4.44. The van der Waals surface area contributed by atoms with Gasteiger partial charge in [-0.2, -0.15) is 13.2 Å². The molecule has 2 N–H and O–H groups in total. The van der Waals surface area contributed by atoms with Crippen molar-refractivity contribution in [1.29, 1.82) is 0 Å². The lowest BCUT2D eigenvalue weighted by Crippen LogP contribution is -2.15. The molecule has 0 aliphatic heterocycles. The van der Waals surface area contributed by atoms with Gasteiger partial charge in [-0.05, 0) is 13.0 Å². The van der Waals surface area contributed by atoms with Crippen LogP contribution in [-0.2, 0) is 6.18 Å². The van der Waals surface area contributed by atoms with Crippen LogP contribution in [0.25, 0.3) is 0 Å². The summed E-state index contributed by atoms with van der Waals surface area (Å²) in [6.07, 6.45) is -3.39. The lowest BCUT2D eigenvalue weighted by atomic mass is 10.3. The molecule has 0 aromatic carbocycles. The molecule has 1 heterocycles. The lowest BCUT2D eigenvalue weighted by Gasteiger charge is -2.08. The molecule has 0 saturated heterocycles. The molecule has 13 heavy (non-hydrogen) atoms. The molecule has 0 saturated carbocycles. The zero-order valence-corrected chi connectivity index (χ0v) is 6.84. The van der Waals surface area contributed by atoms with Crippen LogP contribution < -0.4 is 5.73 Å². The lowest BCUT2D eigenvalue weighted by molar-refractivity contribution is -0.141. The van der Waals surface area contributed by atoms with E-state index in [-0.39, 0.29) is 5.82 Å². The van der Waals surface area contributed by atoms with Gasteiger partial charge in [0.1, 0.15) is 11.5 Å². The highest BCUT2D eigenvalue weighted by molar-refractivity contribution is 5.07. The summed E-state index contributed by atoms with van der Waals surface area (Å²) >= 11 is 0. The Morgan fingerprint density at radius 2 is 2.08 bits per heavy atom. The van der Waals surface area contributed by atoms with Crippen molar-refractivity contribution >= 4 is 0 Å². The summed E-state index contributed by atoms with van der Waals surface area (Å²) < 4.78 is 36.3. The quantitative estimate of drug-likeness (QED) is 0.732. The molecule has 1 unspecified atom stereocenters. The van der Waals surface area contributed by atoms with Crippen molar-refractivity contribution in [2.24, 2.45) is 5.73 Å². The molecule has 0 aliphatic rings. The zero-order chi connectivity index (χ0) is 10.1. The number of alkyl halides is 3. The van der Waals surface area contributed by atoms with Crippen molar-refractivity contribution in [3.8, 4) is 0 Å². The van der Waals surface area contributed by atoms with Gasteiger partial charge in [0.05, 0.1) is 6.04 Å². The largest absolute Gasteiger partial charge is 0.433 e. The van der Waals surface area contributed by atoms with Gasteiger partial charge in [-0.15, -0.1) is 0 Å². The highest BCUT2D eigenvalue weighted by Crippen LogP contribution is 2.27. The Morgan fingerprint density at radius 3 is 2.54 bits per heavy atom. The molecule has 0 aliphatic carbocycles. The standard InChI is InChI=1S/C7H8F3N3/c1-4(11)6-12-3-2-5(13-6)7(8,9)10/h2-4H,11H2,1H3. The fraction of sp³-hybridized carbons (Fsp3) is 0.429. The number of aromatic nitrogens is 2. The zero-order valence-electron chi connectivity index (χ0n) is 6.84. The predicted octanol–water partition coefficient (Wildman–Crippen LogP) is 1.52. The van der Waals surface area contributed by atoms with Gasteiger partial charge < -0.3 is 5.73 Å². The number of hydrogen-bond acceptors (Lipinski definition) is 3. The third kappa shape index (κ3) is 2.38. The van der Waals surface area contributed by atoms with Gasteiger partial charge in [-0.3, -0.25) is 0 Å². The van der Waals surface area contributed by atoms with Gasteiger partial charge in [0.25, 0.3) is 0 Å².